The van der Waals surface area contributed by atoms with Crippen molar-refractivity contribution < 1.29 is 25.6 Å². The molecule has 1 aliphatic carbocycles. The quantitative estimate of drug-likeness (QED) is 0.134. The third-order valence-corrected chi connectivity index (χ3v) is 12.5. The van der Waals surface area contributed by atoms with Gasteiger partial charge in [-0.05, 0) is 66.3 Å². The summed E-state index contributed by atoms with van der Waals surface area (Å²) in [5, 5.41) is -0.427. The molecule has 0 aliphatic heterocycles. The first-order valence-corrected chi connectivity index (χ1v) is 20.4. The first-order chi connectivity index (χ1) is 27.3. The van der Waals surface area contributed by atoms with Gasteiger partial charge in [-0.25, -0.2) is 50.5 Å². The van der Waals surface area contributed by atoms with Gasteiger partial charge in [-0.2, -0.15) is 0 Å². The molecule has 4 aromatic carbocycles. The normalized spacial score (nSPS) is 12.7. The molecule has 288 valence electrons. The standard InChI is InChI=1S/C20H15FN6O2S.C20H18FN3O2S/c21-15-9-12(5-6-14(15)16-10-26-19(23)11-25-16)13-3-1-2-4-17(13)30(28,29)20-24-8-7-18(22)27-20;21-18-9-14(7-8-16(18)15-10-23-20(22)24-11-15)17-3-1-2-4-19(17)27(25,26)12-13-5-6-13/h1-11H,(H2,23,26)(H2,22,24,27);1-4,7-11,13H,5-6,12H2,(H2,22,23,24). The lowest BCUT2D eigenvalue weighted by atomic mass is 10.0. The molecule has 17 heteroatoms. The Hall–Kier alpha value is -6.72. The Balaban J connectivity index is 0.000000175. The maximum absolute atomic E-state index is 14.8. The number of nitrogens with two attached hydrogens (primary N) is 3. The van der Waals surface area contributed by atoms with E-state index in [9.17, 15) is 25.6 Å². The van der Waals surface area contributed by atoms with Crippen LogP contribution in [0, 0.1) is 17.6 Å². The van der Waals surface area contributed by atoms with Crippen molar-refractivity contribution in [3.63, 3.8) is 0 Å². The van der Waals surface area contributed by atoms with Crippen LogP contribution in [-0.2, 0) is 19.7 Å². The van der Waals surface area contributed by atoms with Crippen molar-refractivity contribution in [1.82, 2.24) is 29.9 Å². The highest BCUT2D eigenvalue weighted by atomic mass is 32.2. The van der Waals surface area contributed by atoms with Gasteiger partial charge in [0.15, 0.2) is 9.84 Å². The summed E-state index contributed by atoms with van der Waals surface area (Å²) in [7, 11) is -7.49. The van der Waals surface area contributed by atoms with Gasteiger partial charge >= 0.3 is 0 Å². The molecule has 0 bridgehead atoms. The van der Waals surface area contributed by atoms with Gasteiger partial charge in [-0.1, -0.05) is 54.6 Å². The second-order valence-corrected chi connectivity index (χ2v) is 16.8. The van der Waals surface area contributed by atoms with Crippen LogP contribution in [0.3, 0.4) is 0 Å². The minimum absolute atomic E-state index is 0.0288. The van der Waals surface area contributed by atoms with Gasteiger partial charge in [0.05, 0.1) is 33.6 Å². The molecule has 8 rings (SSSR count). The second-order valence-electron chi connectivity index (χ2n) is 13.0. The third kappa shape index (κ3) is 8.58. The molecule has 0 unspecified atom stereocenters. The van der Waals surface area contributed by atoms with Gasteiger partial charge in [0.25, 0.3) is 5.16 Å². The zero-order valence-corrected chi connectivity index (χ0v) is 31.5. The molecule has 57 heavy (non-hydrogen) atoms. The van der Waals surface area contributed by atoms with E-state index in [1.165, 1.54) is 61.3 Å². The van der Waals surface area contributed by atoms with Gasteiger partial charge in [0.1, 0.15) is 23.3 Å². The van der Waals surface area contributed by atoms with E-state index >= 15 is 0 Å². The van der Waals surface area contributed by atoms with Crippen molar-refractivity contribution in [3.8, 4) is 44.6 Å². The van der Waals surface area contributed by atoms with E-state index in [4.69, 9.17) is 17.2 Å². The molecule has 0 saturated heterocycles. The number of anilines is 3. The van der Waals surface area contributed by atoms with E-state index in [1.54, 1.807) is 60.7 Å². The van der Waals surface area contributed by atoms with E-state index in [-0.39, 0.29) is 44.6 Å². The molecule has 13 nitrogen and oxygen atoms in total. The molecule has 6 N–H and O–H groups in total. The summed E-state index contributed by atoms with van der Waals surface area (Å²) in [5.74, 6) is -0.305. The molecule has 0 atom stereocenters. The van der Waals surface area contributed by atoms with Crippen LogP contribution < -0.4 is 17.2 Å². The van der Waals surface area contributed by atoms with Gasteiger partial charge in [-0.3, -0.25) is 4.98 Å². The minimum atomic E-state index is -4.08. The Morgan fingerprint density at radius 1 is 0.579 bits per heavy atom. The van der Waals surface area contributed by atoms with E-state index in [0.717, 1.165) is 12.8 Å². The van der Waals surface area contributed by atoms with Gasteiger partial charge in [0.2, 0.25) is 15.8 Å². The van der Waals surface area contributed by atoms with Crippen LogP contribution >= 0.6 is 0 Å². The largest absolute Gasteiger partial charge is 0.384 e. The number of halogens is 2. The summed E-state index contributed by atoms with van der Waals surface area (Å²) in [6, 6.07) is 23.4. The lowest BCUT2D eigenvalue weighted by Gasteiger charge is -2.12. The number of rotatable bonds is 9. The third-order valence-electron chi connectivity index (χ3n) is 8.94. The highest BCUT2D eigenvalue weighted by Gasteiger charge is 2.30. The molecule has 1 saturated carbocycles. The van der Waals surface area contributed by atoms with E-state index in [0.29, 0.717) is 39.1 Å². The fraction of sp³-hybridized carbons (Fsp3) is 0.100. The average Bonchev–Trinajstić information content (AvgIpc) is 4.02. The number of benzene rings is 4. The van der Waals surface area contributed by atoms with Gasteiger partial charge in [-0.15, -0.1) is 0 Å². The van der Waals surface area contributed by atoms with Crippen molar-refractivity contribution in [2.24, 2.45) is 5.92 Å². The SMILES string of the molecule is Nc1cnc(-c2ccc(-c3ccccc3S(=O)(=O)c3nccc(N)n3)cc2F)cn1.Nc1ncc(-c2ccc(-c3ccccc3S(=O)(=O)CC3CC3)cc2F)cn1. The zero-order valence-electron chi connectivity index (χ0n) is 29.9. The lowest BCUT2D eigenvalue weighted by molar-refractivity contribution is 0.587. The smallest absolute Gasteiger partial charge is 0.253 e. The lowest BCUT2D eigenvalue weighted by Crippen LogP contribution is -2.09. The van der Waals surface area contributed by atoms with Crippen molar-refractivity contribution in [2.75, 3.05) is 23.0 Å². The molecule has 0 spiro atoms. The van der Waals surface area contributed by atoms with Crippen LogP contribution in [0.4, 0.5) is 26.4 Å². The van der Waals surface area contributed by atoms with Crippen LogP contribution in [0.2, 0.25) is 0 Å². The van der Waals surface area contributed by atoms with E-state index in [1.807, 2.05) is 0 Å². The number of nitrogen functional groups attached to an aromatic ring is 3. The average molecular weight is 806 g/mol. The monoisotopic (exact) mass is 805 g/mol. The predicted octanol–water partition coefficient (Wildman–Crippen LogP) is 6.45. The van der Waals surface area contributed by atoms with Crippen LogP contribution in [0.15, 0.2) is 137 Å². The molecule has 3 aromatic heterocycles. The minimum Gasteiger partial charge on any atom is -0.384 e. The van der Waals surface area contributed by atoms with E-state index < -0.39 is 36.5 Å². The summed E-state index contributed by atoms with van der Waals surface area (Å²) in [4.78, 5) is 23.6. The number of hydrogen-bond acceptors (Lipinski definition) is 13. The maximum Gasteiger partial charge on any atom is 0.253 e. The molecular weight excluding hydrogens is 773 g/mol. The summed E-state index contributed by atoms with van der Waals surface area (Å²) >= 11 is 0. The maximum atomic E-state index is 14.8. The molecule has 3 heterocycles. The Kier molecular flexibility index (Phi) is 10.7. The highest BCUT2D eigenvalue weighted by Crippen LogP contribution is 2.37. The Morgan fingerprint density at radius 3 is 1.75 bits per heavy atom. The van der Waals surface area contributed by atoms with Crippen molar-refractivity contribution >= 4 is 37.3 Å². The van der Waals surface area contributed by atoms with Crippen LogP contribution in [0.25, 0.3) is 44.6 Å². The Labute approximate surface area is 326 Å². The summed E-state index contributed by atoms with van der Waals surface area (Å²) in [5.41, 5.74) is 19.6. The predicted molar refractivity (Wildman–Crippen MR) is 211 cm³/mol. The molecule has 0 amide bonds. The van der Waals surface area contributed by atoms with Crippen molar-refractivity contribution in [1.29, 1.82) is 0 Å². The summed E-state index contributed by atoms with van der Waals surface area (Å²) in [6.45, 7) is 0. The van der Waals surface area contributed by atoms with E-state index in [2.05, 4.69) is 29.9 Å². The molecule has 1 aliphatic rings. The first kappa shape index (κ1) is 38.6. The molecule has 7 aromatic rings. The molecule has 1 fully saturated rings. The molecule has 0 radical (unpaired) electrons. The summed E-state index contributed by atoms with van der Waals surface area (Å²) < 4.78 is 81.3. The topological polar surface area (TPSA) is 224 Å². The van der Waals surface area contributed by atoms with Gasteiger partial charge < -0.3 is 17.2 Å². The fourth-order valence-corrected chi connectivity index (χ4v) is 9.24. The number of aromatic nitrogens is 6. The van der Waals surface area contributed by atoms with Gasteiger partial charge in [0, 0.05) is 46.4 Å². The Morgan fingerprint density at radius 2 is 1.18 bits per heavy atom. The second kappa shape index (κ2) is 15.8. The first-order valence-electron chi connectivity index (χ1n) is 17.3. The summed E-state index contributed by atoms with van der Waals surface area (Å²) in [6.07, 6.45) is 8.77. The fourth-order valence-electron chi connectivity index (χ4n) is 5.94. The van der Waals surface area contributed by atoms with Crippen molar-refractivity contribution in [3.05, 3.63) is 134 Å². The number of hydrogen-bond donors (Lipinski definition) is 3. The highest BCUT2D eigenvalue weighted by molar-refractivity contribution is 7.91. The van der Waals surface area contributed by atoms with Crippen LogP contribution in [0.5, 0.6) is 0 Å². The molecular formula is C40H33F2N9O4S2. The number of sulfone groups is 2. The Bertz CT molecular complexity index is 2830. The van der Waals surface area contributed by atoms with Crippen molar-refractivity contribution in [2.45, 2.75) is 27.8 Å². The van der Waals surface area contributed by atoms with Crippen LogP contribution in [-0.4, -0.2) is 52.5 Å². The number of nitrogens with zero attached hydrogens (tertiary/aromatic N) is 6. The zero-order chi connectivity index (χ0) is 40.3. The van der Waals surface area contributed by atoms with Crippen LogP contribution in [0.1, 0.15) is 12.8 Å².